The van der Waals surface area contributed by atoms with Crippen LogP contribution in [0.15, 0.2) is 28.9 Å². The standard InChI is InChI=1S/C9H6IO/c1-6-5-11-8-4-2-3-7(10)9(6)8/h2-5H,1H2. The van der Waals surface area contributed by atoms with E-state index in [9.17, 15) is 0 Å². The molecule has 0 atom stereocenters. The molecule has 0 aliphatic heterocycles. The molecule has 2 rings (SSSR count). The fourth-order valence-corrected chi connectivity index (χ4v) is 1.93. The second kappa shape index (κ2) is 2.52. The molecule has 0 amide bonds. The van der Waals surface area contributed by atoms with E-state index in [0.29, 0.717) is 0 Å². The van der Waals surface area contributed by atoms with Crippen molar-refractivity contribution in [1.29, 1.82) is 0 Å². The van der Waals surface area contributed by atoms with E-state index >= 15 is 0 Å². The molecule has 2 heteroatoms. The van der Waals surface area contributed by atoms with Gasteiger partial charge >= 0.3 is 0 Å². The molecule has 0 aliphatic rings. The summed E-state index contributed by atoms with van der Waals surface area (Å²) >= 11 is 2.28. The lowest BCUT2D eigenvalue weighted by Gasteiger charge is -1.91. The van der Waals surface area contributed by atoms with Crippen LogP contribution >= 0.6 is 22.6 Å². The third-order valence-electron chi connectivity index (χ3n) is 1.62. The minimum atomic E-state index is 0.918. The zero-order valence-corrected chi connectivity index (χ0v) is 7.96. The van der Waals surface area contributed by atoms with Crippen molar-refractivity contribution in [3.8, 4) is 0 Å². The van der Waals surface area contributed by atoms with Crippen molar-refractivity contribution in [2.75, 3.05) is 0 Å². The number of benzene rings is 1. The summed E-state index contributed by atoms with van der Waals surface area (Å²) in [5, 5.41) is 1.13. The molecule has 1 heterocycles. The zero-order valence-electron chi connectivity index (χ0n) is 5.80. The van der Waals surface area contributed by atoms with Gasteiger partial charge in [-0.05, 0) is 47.2 Å². The fourth-order valence-electron chi connectivity index (χ4n) is 1.11. The highest BCUT2D eigenvalue weighted by molar-refractivity contribution is 14.1. The van der Waals surface area contributed by atoms with Gasteiger partial charge in [0.15, 0.2) is 0 Å². The SMILES string of the molecule is [CH2]c1coc2cccc(I)c12. The largest absolute Gasteiger partial charge is 0.464 e. The first-order chi connectivity index (χ1) is 5.29. The molecule has 1 radical (unpaired) electrons. The topological polar surface area (TPSA) is 13.1 Å². The Labute approximate surface area is 78.5 Å². The number of fused-ring (bicyclic) bond motifs is 1. The Morgan fingerprint density at radius 3 is 2.91 bits per heavy atom. The molecule has 1 nitrogen and oxygen atoms in total. The van der Waals surface area contributed by atoms with Crippen LogP contribution in [0.2, 0.25) is 0 Å². The Bertz CT molecular complexity index is 389. The molecule has 1 aromatic carbocycles. The van der Waals surface area contributed by atoms with Gasteiger partial charge in [-0.2, -0.15) is 0 Å². The Hall–Kier alpha value is -0.510. The minimum absolute atomic E-state index is 0.918. The highest BCUT2D eigenvalue weighted by atomic mass is 127. The van der Waals surface area contributed by atoms with Gasteiger partial charge in [0, 0.05) is 8.96 Å². The Kier molecular flexibility index (Phi) is 1.64. The molecule has 0 aliphatic carbocycles. The first-order valence-corrected chi connectivity index (χ1v) is 4.34. The van der Waals surface area contributed by atoms with Crippen LogP contribution in [-0.4, -0.2) is 0 Å². The number of rotatable bonds is 0. The van der Waals surface area contributed by atoms with E-state index < -0.39 is 0 Å². The molecule has 0 spiro atoms. The van der Waals surface area contributed by atoms with E-state index in [1.165, 1.54) is 3.57 Å². The van der Waals surface area contributed by atoms with Crippen LogP contribution in [0.4, 0.5) is 0 Å². The van der Waals surface area contributed by atoms with E-state index in [1.54, 1.807) is 6.26 Å². The molecular weight excluding hydrogens is 251 g/mol. The normalized spacial score (nSPS) is 10.7. The third-order valence-corrected chi connectivity index (χ3v) is 2.52. The van der Waals surface area contributed by atoms with Gasteiger partial charge in [-0.1, -0.05) is 6.07 Å². The van der Waals surface area contributed by atoms with Crippen molar-refractivity contribution in [1.82, 2.24) is 0 Å². The first kappa shape index (κ1) is 7.16. The van der Waals surface area contributed by atoms with Gasteiger partial charge in [-0.15, -0.1) is 0 Å². The van der Waals surface area contributed by atoms with Crippen LogP contribution in [0.5, 0.6) is 0 Å². The third kappa shape index (κ3) is 1.05. The summed E-state index contributed by atoms with van der Waals surface area (Å²) in [6.07, 6.45) is 1.69. The van der Waals surface area contributed by atoms with Crippen molar-refractivity contribution in [2.24, 2.45) is 0 Å². The average molecular weight is 257 g/mol. The maximum absolute atomic E-state index is 5.26. The highest BCUT2D eigenvalue weighted by Gasteiger charge is 2.03. The molecular formula is C9H6IO. The van der Waals surface area contributed by atoms with Crippen molar-refractivity contribution >= 4 is 33.6 Å². The molecule has 1 aromatic heterocycles. The van der Waals surface area contributed by atoms with Crippen LogP contribution < -0.4 is 0 Å². The molecule has 0 fully saturated rings. The van der Waals surface area contributed by atoms with Crippen molar-refractivity contribution in [3.05, 3.63) is 40.5 Å². The number of hydrogen-bond acceptors (Lipinski definition) is 1. The molecule has 0 unspecified atom stereocenters. The van der Waals surface area contributed by atoms with E-state index in [-0.39, 0.29) is 0 Å². The van der Waals surface area contributed by atoms with Gasteiger partial charge in [0.25, 0.3) is 0 Å². The molecule has 2 aromatic rings. The summed E-state index contributed by atoms with van der Waals surface area (Å²) < 4.78 is 6.46. The van der Waals surface area contributed by atoms with Gasteiger partial charge in [0.2, 0.25) is 0 Å². The summed E-state index contributed by atoms with van der Waals surface area (Å²) in [4.78, 5) is 0. The molecule has 0 bridgehead atoms. The molecule has 0 N–H and O–H groups in total. The quantitative estimate of drug-likeness (QED) is 0.660. The number of hydrogen-bond donors (Lipinski definition) is 0. The van der Waals surface area contributed by atoms with E-state index in [4.69, 9.17) is 4.42 Å². The van der Waals surface area contributed by atoms with Crippen LogP contribution in [0, 0.1) is 10.5 Å². The van der Waals surface area contributed by atoms with E-state index in [2.05, 4.69) is 29.5 Å². The highest BCUT2D eigenvalue weighted by Crippen LogP contribution is 2.24. The van der Waals surface area contributed by atoms with Crippen LogP contribution in [0.25, 0.3) is 11.0 Å². The predicted molar refractivity (Wildman–Crippen MR) is 53.4 cm³/mol. The molecule has 0 saturated heterocycles. The monoisotopic (exact) mass is 257 g/mol. The van der Waals surface area contributed by atoms with Gasteiger partial charge < -0.3 is 4.42 Å². The second-order valence-corrected chi connectivity index (χ2v) is 3.54. The van der Waals surface area contributed by atoms with Gasteiger partial charge in [-0.25, -0.2) is 0 Å². The second-order valence-electron chi connectivity index (χ2n) is 2.37. The number of furan rings is 1. The maximum atomic E-state index is 5.26. The Balaban J connectivity index is 2.96. The predicted octanol–water partition coefficient (Wildman–Crippen LogP) is 3.22. The maximum Gasteiger partial charge on any atom is 0.135 e. The van der Waals surface area contributed by atoms with Crippen LogP contribution in [0.1, 0.15) is 5.56 Å². The van der Waals surface area contributed by atoms with E-state index in [1.807, 2.05) is 18.2 Å². The van der Waals surface area contributed by atoms with Gasteiger partial charge in [0.1, 0.15) is 5.58 Å². The number of halogens is 1. The molecule has 11 heavy (non-hydrogen) atoms. The van der Waals surface area contributed by atoms with Gasteiger partial charge in [0.05, 0.1) is 6.26 Å². The van der Waals surface area contributed by atoms with E-state index in [0.717, 1.165) is 16.5 Å². The minimum Gasteiger partial charge on any atom is -0.464 e. The van der Waals surface area contributed by atoms with Crippen LogP contribution in [-0.2, 0) is 0 Å². The molecule has 55 valence electrons. The average Bonchev–Trinajstić information content (AvgIpc) is 2.34. The first-order valence-electron chi connectivity index (χ1n) is 3.27. The molecule has 0 saturated carbocycles. The van der Waals surface area contributed by atoms with Crippen molar-refractivity contribution in [2.45, 2.75) is 0 Å². The summed E-state index contributed by atoms with van der Waals surface area (Å²) in [5.41, 5.74) is 1.88. The summed E-state index contributed by atoms with van der Waals surface area (Å²) in [5.74, 6) is 0. The fraction of sp³-hybridized carbons (Fsp3) is 0. The zero-order chi connectivity index (χ0) is 7.84. The Morgan fingerprint density at radius 1 is 1.36 bits per heavy atom. The lowest BCUT2D eigenvalue weighted by atomic mass is 10.2. The van der Waals surface area contributed by atoms with Crippen LogP contribution in [0.3, 0.4) is 0 Å². The van der Waals surface area contributed by atoms with Crippen molar-refractivity contribution < 1.29 is 4.42 Å². The lowest BCUT2D eigenvalue weighted by Crippen LogP contribution is -1.73. The summed E-state index contributed by atoms with van der Waals surface area (Å²) in [6.45, 7) is 3.87. The summed E-state index contributed by atoms with van der Waals surface area (Å²) in [7, 11) is 0. The van der Waals surface area contributed by atoms with Crippen molar-refractivity contribution in [3.63, 3.8) is 0 Å². The lowest BCUT2D eigenvalue weighted by molar-refractivity contribution is 0.614. The Morgan fingerprint density at radius 2 is 2.18 bits per heavy atom. The van der Waals surface area contributed by atoms with Gasteiger partial charge in [-0.3, -0.25) is 0 Å². The smallest absolute Gasteiger partial charge is 0.135 e. The summed E-state index contributed by atoms with van der Waals surface area (Å²) in [6, 6.07) is 5.98.